The van der Waals surface area contributed by atoms with Crippen LogP contribution in [0.1, 0.15) is 38.0 Å². The van der Waals surface area contributed by atoms with Crippen LogP contribution in [0.15, 0.2) is 22.8 Å². The first-order chi connectivity index (χ1) is 7.29. The molecule has 2 atom stereocenters. The van der Waals surface area contributed by atoms with Gasteiger partial charge < -0.3 is 14.8 Å². The zero-order chi connectivity index (χ0) is 10.7. The van der Waals surface area contributed by atoms with E-state index in [1.165, 1.54) is 19.3 Å². The second-order valence-electron chi connectivity index (χ2n) is 4.50. The second-order valence-corrected chi connectivity index (χ2v) is 4.50. The second kappa shape index (κ2) is 4.81. The molecule has 0 saturated heterocycles. The van der Waals surface area contributed by atoms with Gasteiger partial charge in [0.2, 0.25) is 0 Å². The molecule has 0 radical (unpaired) electrons. The molecule has 1 heterocycles. The molecule has 2 rings (SSSR count). The number of aliphatic hydroxyl groups is 1. The van der Waals surface area contributed by atoms with Crippen molar-refractivity contribution in [3.8, 4) is 0 Å². The van der Waals surface area contributed by atoms with E-state index in [9.17, 15) is 5.11 Å². The fraction of sp³-hybridized carbons (Fsp3) is 0.667. The van der Waals surface area contributed by atoms with E-state index in [1.807, 2.05) is 12.1 Å². The normalized spacial score (nSPS) is 20.1. The Morgan fingerprint density at radius 1 is 1.60 bits per heavy atom. The molecule has 0 aliphatic heterocycles. The van der Waals surface area contributed by atoms with Crippen molar-refractivity contribution in [1.82, 2.24) is 5.32 Å². The van der Waals surface area contributed by atoms with E-state index in [0.29, 0.717) is 6.04 Å². The fourth-order valence-electron chi connectivity index (χ4n) is 1.98. The molecule has 1 aliphatic carbocycles. The van der Waals surface area contributed by atoms with Crippen LogP contribution >= 0.6 is 0 Å². The van der Waals surface area contributed by atoms with Crippen molar-refractivity contribution in [3.63, 3.8) is 0 Å². The van der Waals surface area contributed by atoms with Gasteiger partial charge in [0.15, 0.2) is 0 Å². The number of nitrogens with one attached hydrogen (secondary N) is 1. The van der Waals surface area contributed by atoms with Crippen molar-refractivity contribution in [2.45, 2.75) is 38.3 Å². The molecule has 0 spiro atoms. The summed E-state index contributed by atoms with van der Waals surface area (Å²) in [5, 5.41) is 12.7. The number of aliphatic hydroxyl groups excluding tert-OH is 1. The molecule has 1 aromatic rings. The van der Waals surface area contributed by atoms with Gasteiger partial charge >= 0.3 is 0 Å². The van der Waals surface area contributed by atoms with Gasteiger partial charge in [-0.2, -0.15) is 0 Å². The Bertz CT molecular complexity index is 280. The predicted octanol–water partition coefficient (Wildman–Crippen LogP) is 2.09. The molecule has 2 unspecified atom stereocenters. The van der Waals surface area contributed by atoms with Crippen LogP contribution in [-0.2, 0) is 0 Å². The van der Waals surface area contributed by atoms with E-state index < -0.39 is 0 Å². The molecule has 0 bridgehead atoms. The number of rotatable bonds is 6. The largest absolute Gasteiger partial charge is 0.468 e. The SMILES string of the molecule is CC(CC1CC1)NC(CO)c1ccco1. The van der Waals surface area contributed by atoms with Crippen LogP contribution in [0, 0.1) is 5.92 Å². The molecule has 1 aliphatic rings. The van der Waals surface area contributed by atoms with E-state index >= 15 is 0 Å². The lowest BCUT2D eigenvalue weighted by Crippen LogP contribution is -2.32. The molecule has 2 N–H and O–H groups in total. The van der Waals surface area contributed by atoms with Crippen molar-refractivity contribution in [2.24, 2.45) is 5.92 Å². The first kappa shape index (κ1) is 10.7. The van der Waals surface area contributed by atoms with Gasteiger partial charge in [0.1, 0.15) is 5.76 Å². The van der Waals surface area contributed by atoms with Crippen LogP contribution in [0.2, 0.25) is 0 Å². The molecule has 0 aromatic carbocycles. The quantitative estimate of drug-likeness (QED) is 0.754. The third-order valence-electron chi connectivity index (χ3n) is 2.94. The lowest BCUT2D eigenvalue weighted by molar-refractivity contribution is 0.214. The van der Waals surface area contributed by atoms with Crippen molar-refractivity contribution in [1.29, 1.82) is 0 Å². The molecule has 1 saturated carbocycles. The summed E-state index contributed by atoms with van der Waals surface area (Å²) < 4.78 is 5.29. The fourth-order valence-corrected chi connectivity index (χ4v) is 1.98. The monoisotopic (exact) mass is 209 g/mol. The van der Waals surface area contributed by atoms with E-state index in [1.54, 1.807) is 6.26 Å². The van der Waals surface area contributed by atoms with Gasteiger partial charge in [-0.05, 0) is 31.4 Å². The summed E-state index contributed by atoms with van der Waals surface area (Å²) in [7, 11) is 0. The maximum absolute atomic E-state index is 9.27. The van der Waals surface area contributed by atoms with Crippen LogP contribution < -0.4 is 5.32 Å². The van der Waals surface area contributed by atoms with Crippen molar-refractivity contribution >= 4 is 0 Å². The van der Waals surface area contributed by atoms with Crippen LogP contribution in [0.4, 0.5) is 0 Å². The number of hydrogen-bond acceptors (Lipinski definition) is 3. The summed E-state index contributed by atoms with van der Waals surface area (Å²) in [4.78, 5) is 0. The summed E-state index contributed by atoms with van der Waals surface area (Å²) in [6.45, 7) is 2.26. The predicted molar refractivity (Wildman–Crippen MR) is 58.5 cm³/mol. The Balaban J connectivity index is 1.84. The van der Waals surface area contributed by atoms with Gasteiger partial charge in [-0.3, -0.25) is 0 Å². The molecule has 3 heteroatoms. The molecule has 3 nitrogen and oxygen atoms in total. The minimum atomic E-state index is -0.0613. The summed E-state index contributed by atoms with van der Waals surface area (Å²) in [6, 6.07) is 4.14. The lowest BCUT2D eigenvalue weighted by atomic mass is 10.1. The Morgan fingerprint density at radius 2 is 2.40 bits per heavy atom. The molecule has 1 aromatic heterocycles. The van der Waals surface area contributed by atoms with Gasteiger partial charge in [-0.1, -0.05) is 12.8 Å². The average molecular weight is 209 g/mol. The Morgan fingerprint density at radius 3 is 2.93 bits per heavy atom. The van der Waals surface area contributed by atoms with Gasteiger partial charge in [0.25, 0.3) is 0 Å². The Labute approximate surface area is 90.5 Å². The van der Waals surface area contributed by atoms with Gasteiger partial charge in [0.05, 0.1) is 18.9 Å². The molecule has 84 valence electrons. The van der Waals surface area contributed by atoms with Crippen LogP contribution in [0.5, 0.6) is 0 Å². The van der Waals surface area contributed by atoms with Crippen molar-refractivity contribution in [3.05, 3.63) is 24.2 Å². The standard InChI is InChI=1S/C12H19NO2/c1-9(7-10-4-5-10)13-11(8-14)12-3-2-6-15-12/h2-3,6,9-11,13-14H,4-5,7-8H2,1H3. The molecular formula is C12H19NO2. The maximum Gasteiger partial charge on any atom is 0.123 e. The van der Waals surface area contributed by atoms with Gasteiger partial charge in [-0.25, -0.2) is 0 Å². The third kappa shape index (κ3) is 3.08. The molecule has 0 amide bonds. The summed E-state index contributed by atoms with van der Waals surface area (Å²) in [5.74, 6) is 1.73. The number of furan rings is 1. The average Bonchev–Trinajstić information content (AvgIpc) is 2.86. The summed E-state index contributed by atoms with van der Waals surface area (Å²) >= 11 is 0. The van der Waals surface area contributed by atoms with Gasteiger partial charge in [-0.15, -0.1) is 0 Å². The molecule has 1 fully saturated rings. The minimum absolute atomic E-state index is 0.0613. The van der Waals surface area contributed by atoms with Crippen molar-refractivity contribution < 1.29 is 9.52 Å². The molecule has 15 heavy (non-hydrogen) atoms. The minimum Gasteiger partial charge on any atom is -0.468 e. The highest BCUT2D eigenvalue weighted by molar-refractivity contribution is 5.04. The zero-order valence-electron chi connectivity index (χ0n) is 9.15. The zero-order valence-corrected chi connectivity index (χ0v) is 9.15. The van der Waals surface area contributed by atoms with Crippen LogP contribution in [0.25, 0.3) is 0 Å². The maximum atomic E-state index is 9.27. The topological polar surface area (TPSA) is 45.4 Å². The van der Waals surface area contributed by atoms with Crippen LogP contribution in [0.3, 0.4) is 0 Å². The summed E-state index contributed by atoms with van der Waals surface area (Å²) in [5.41, 5.74) is 0. The highest BCUT2D eigenvalue weighted by atomic mass is 16.3. The van der Waals surface area contributed by atoms with Gasteiger partial charge in [0, 0.05) is 6.04 Å². The van der Waals surface area contributed by atoms with E-state index in [4.69, 9.17) is 4.42 Å². The lowest BCUT2D eigenvalue weighted by Gasteiger charge is -2.19. The Hall–Kier alpha value is -0.800. The third-order valence-corrected chi connectivity index (χ3v) is 2.94. The van der Waals surface area contributed by atoms with E-state index in [2.05, 4.69) is 12.2 Å². The molecular weight excluding hydrogens is 190 g/mol. The Kier molecular flexibility index (Phi) is 3.44. The van der Waals surface area contributed by atoms with E-state index in [0.717, 1.165) is 11.7 Å². The first-order valence-electron chi connectivity index (χ1n) is 5.70. The smallest absolute Gasteiger partial charge is 0.123 e. The van der Waals surface area contributed by atoms with Crippen molar-refractivity contribution in [2.75, 3.05) is 6.61 Å². The first-order valence-corrected chi connectivity index (χ1v) is 5.70. The highest BCUT2D eigenvalue weighted by Crippen LogP contribution is 2.33. The van der Waals surface area contributed by atoms with E-state index in [-0.39, 0.29) is 12.6 Å². The highest BCUT2D eigenvalue weighted by Gasteiger charge is 2.25. The van der Waals surface area contributed by atoms with Crippen LogP contribution in [-0.4, -0.2) is 17.8 Å². The number of hydrogen-bond donors (Lipinski definition) is 2. The summed E-state index contributed by atoms with van der Waals surface area (Å²) in [6.07, 6.45) is 5.59.